The highest BCUT2D eigenvalue weighted by atomic mass is 16.2. The Morgan fingerprint density at radius 1 is 1.16 bits per heavy atom. The fraction of sp³-hybridized carbons (Fsp3) is 0.562. The van der Waals surface area contributed by atoms with Crippen LogP contribution in [0.5, 0.6) is 0 Å². The first-order chi connectivity index (χ1) is 8.95. The van der Waals surface area contributed by atoms with Crippen molar-refractivity contribution in [1.82, 2.24) is 4.90 Å². The van der Waals surface area contributed by atoms with Gasteiger partial charge in [0.15, 0.2) is 0 Å². The van der Waals surface area contributed by atoms with Gasteiger partial charge in [-0.3, -0.25) is 9.69 Å². The van der Waals surface area contributed by atoms with E-state index in [2.05, 4.69) is 43.1 Å². The van der Waals surface area contributed by atoms with Crippen LogP contribution in [0.4, 0.5) is 5.69 Å². The Bertz CT molecular complexity index is 425. The van der Waals surface area contributed by atoms with E-state index in [1.807, 2.05) is 12.1 Å². The Morgan fingerprint density at radius 2 is 1.74 bits per heavy atom. The zero-order valence-corrected chi connectivity index (χ0v) is 12.2. The van der Waals surface area contributed by atoms with Crippen LogP contribution in [-0.2, 0) is 10.2 Å². The van der Waals surface area contributed by atoms with Gasteiger partial charge in [0.1, 0.15) is 0 Å². The van der Waals surface area contributed by atoms with Crippen LogP contribution in [0.15, 0.2) is 24.3 Å². The summed E-state index contributed by atoms with van der Waals surface area (Å²) in [5, 5.41) is 2.97. The molecule has 0 bridgehead atoms. The van der Waals surface area contributed by atoms with Crippen LogP contribution in [0.25, 0.3) is 0 Å². The summed E-state index contributed by atoms with van der Waals surface area (Å²) in [4.78, 5) is 14.1. The van der Waals surface area contributed by atoms with Crippen molar-refractivity contribution in [2.24, 2.45) is 0 Å². The highest BCUT2D eigenvalue weighted by molar-refractivity contribution is 5.92. The van der Waals surface area contributed by atoms with Crippen LogP contribution in [0.3, 0.4) is 0 Å². The minimum atomic E-state index is 0.0883. The molecule has 1 N–H and O–H groups in total. The molecule has 1 aromatic rings. The Hall–Kier alpha value is -1.35. The number of anilines is 1. The van der Waals surface area contributed by atoms with Gasteiger partial charge in [0.2, 0.25) is 5.91 Å². The fourth-order valence-electron chi connectivity index (χ4n) is 2.40. The second-order valence-corrected chi connectivity index (χ2v) is 6.36. The van der Waals surface area contributed by atoms with Crippen molar-refractivity contribution in [2.45, 2.75) is 39.0 Å². The molecule has 0 radical (unpaired) electrons. The zero-order valence-electron chi connectivity index (χ0n) is 12.2. The van der Waals surface area contributed by atoms with Crippen LogP contribution >= 0.6 is 0 Å². The molecule has 3 nitrogen and oxygen atoms in total. The Kier molecular flexibility index (Phi) is 4.25. The van der Waals surface area contributed by atoms with Gasteiger partial charge in [0.25, 0.3) is 0 Å². The predicted molar refractivity (Wildman–Crippen MR) is 79.4 cm³/mol. The van der Waals surface area contributed by atoms with Gasteiger partial charge in [0.05, 0.1) is 6.54 Å². The maximum absolute atomic E-state index is 11.9. The summed E-state index contributed by atoms with van der Waals surface area (Å²) in [5.41, 5.74) is 2.32. The van der Waals surface area contributed by atoms with E-state index in [-0.39, 0.29) is 11.3 Å². The zero-order chi connectivity index (χ0) is 13.9. The maximum Gasteiger partial charge on any atom is 0.238 e. The number of hydrogen-bond acceptors (Lipinski definition) is 2. The van der Waals surface area contributed by atoms with Gasteiger partial charge in [-0.05, 0) is 49.0 Å². The van der Waals surface area contributed by atoms with Crippen molar-refractivity contribution in [3.63, 3.8) is 0 Å². The van der Waals surface area contributed by atoms with Crippen LogP contribution < -0.4 is 5.32 Å². The lowest BCUT2D eigenvalue weighted by atomic mass is 9.87. The predicted octanol–water partition coefficient (Wildman–Crippen LogP) is 3.02. The number of nitrogens with one attached hydrogen (secondary N) is 1. The third-order valence-corrected chi connectivity index (χ3v) is 3.60. The molecule has 3 heteroatoms. The summed E-state index contributed by atoms with van der Waals surface area (Å²) in [5.74, 6) is 0.0883. The van der Waals surface area contributed by atoms with Gasteiger partial charge in [0, 0.05) is 5.69 Å². The molecule has 1 saturated heterocycles. The van der Waals surface area contributed by atoms with E-state index >= 15 is 0 Å². The molecule has 19 heavy (non-hydrogen) atoms. The van der Waals surface area contributed by atoms with Crippen LogP contribution in [0.2, 0.25) is 0 Å². The number of likely N-dealkylation sites (tertiary alicyclic amines) is 1. The topological polar surface area (TPSA) is 32.3 Å². The first-order valence-electron chi connectivity index (χ1n) is 7.08. The molecule has 1 aliphatic rings. The molecule has 104 valence electrons. The van der Waals surface area contributed by atoms with Crippen LogP contribution in [-0.4, -0.2) is 30.4 Å². The SMILES string of the molecule is CC(C)(C)c1ccc(NC(=O)CN2CCCC2)cc1. The number of carbonyl (C=O) groups is 1. The van der Waals surface area contributed by atoms with Crippen molar-refractivity contribution in [2.75, 3.05) is 25.0 Å². The average Bonchev–Trinajstić information content (AvgIpc) is 2.81. The monoisotopic (exact) mass is 260 g/mol. The van der Waals surface area contributed by atoms with Gasteiger partial charge in [-0.15, -0.1) is 0 Å². The van der Waals surface area contributed by atoms with E-state index in [9.17, 15) is 4.79 Å². The Labute approximate surface area is 116 Å². The minimum absolute atomic E-state index is 0.0883. The number of amides is 1. The summed E-state index contributed by atoms with van der Waals surface area (Å²) >= 11 is 0. The molecular formula is C16H24N2O. The standard InChI is InChI=1S/C16H24N2O/c1-16(2,3)13-6-8-14(9-7-13)17-15(19)12-18-10-4-5-11-18/h6-9H,4-5,10-12H2,1-3H3,(H,17,19). The molecule has 0 unspecified atom stereocenters. The van der Waals surface area contributed by atoms with Crippen molar-refractivity contribution in [3.8, 4) is 0 Å². The van der Waals surface area contributed by atoms with Gasteiger partial charge < -0.3 is 5.32 Å². The van der Waals surface area contributed by atoms with Crippen LogP contribution in [0, 0.1) is 0 Å². The number of hydrogen-bond donors (Lipinski definition) is 1. The fourth-order valence-corrected chi connectivity index (χ4v) is 2.40. The lowest BCUT2D eigenvalue weighted by Gasteiger charge is -2.19. The highest BCUT2D eigenvalue weighted by Crippen LogP contribution is 2.23. The molecule has 1 aliphatic heterocycles. The third-order valence-electron chi connectivity index (χ3n) is 3.60. The molecule has 0 saturated carbocycles. The molecule has 0 spiro atoms. The smallest absolute Gasteiger partial charge is 0.238 e. The lowest BCUT2D eigenvalue weighted by molar-refractivity contribution is -0.117. The van der Waals surface area contributed by atoms with E-state index in [1.54, 1.807) is 0 Å². The second-order valence-electron chi connectivity index (χ2n) is 6.36. The quantitative estimate of drug-likeness (QED) is 0.906. The summed E-state index contributed by atoms with van der Waals surface area (Å²) in [6, 6.07) is 8.15. The molecule has 0 aromatic heterocycles. The number of benzene rings is 1. The van der Waals surface area contributed by atoms with Gasteiger partial charge in [-0.25, -0.2) is 0 Å². The minimum Gasteiger partial charge on any atom is -0.325 e. The van der Waals surface area contributed by atoms with Crippen molar-refractivity contribution in [1.29, 1.82) is 0 Å². The van der Waals surface area contributed by atoms with E-state index in [1.165, 1.54) is 18.4 Å². The van der Waals surface area contributed by atoms with Crippen molar-refractivity contribution < 1.29 is 4.79 Å². The van der Waals surface area contributed by atoms with E-state index in [0.717, 1.165) is 18.8 Å². The molecule has 2 rings (SSSR count). The summed E-state index contributed by atoms with van der Waals surface area (Å²) < 4.78 is 0. The van der Waals surface area contributed by atoms with E-state index in [4.69, 9.17) is 0 Å². The second kappa shape index (κ2) is 5.74. The molecule has 0 aliphatic carbocycles. The highest BCUT2D eigenvalue weighted by Gasteiger charge is 2.16. The first-order valence-corrected chi connectivity index (χ1v) is 7.08. The van der Waals surface area contributed by atoms with E-state index in [0.29, 0.717) is 6.54 Å². The first kappa shape index (κ1) is 14.1. The molecule has 1 amide bonds. The van der Waals surface area contributed by atoms with Crippen molar-refractivity contribution >= 4 is 11.6 Å². The number of carbonyl (C=O) groups excluding carboxylic acids is 1. The molecule has 1 heterocycles. The summed E-state index contributed by atoms with van der Waals surface area (Å²) in [6.45, 7) is 9.18. The van der Waals surface area contributed by atoms with Crippen molar-refractivity contribution in [3.05, 3.63) is 29.8 Å². The van der Waals surface area contributed by atoms with Gasteiger partial charge in [-0.1, -0.05) is 32.9 Å². The van der Waals surface area contributed by atoms with Crippen LogP contribution in [0.1, 0.15) is 39.2 Å². The molecule has 0 atom stereocenters. The number of rotatable bonds is 3. The maximum atomic E-state index is 11.9. The number of nitrogens with zero attached hydrogens (tertiary/aromatic N) is 1. The molecule has 1 fully saturated rings. The van der Waals surface area contributed by atoms with Gasteiger partial charge in [-0.2, -0.15) is 0 Å². The largest absolute Gasteiger partial charge is 0.325 e. The Morgan fingerprint density at radius 3 is 2.26 bits per heavy atom. The Balaban J connectivity index is 1.90. The van der Waals surface area contributed by atoms with E-state index < -0.39 is 0 Å². The normalized spacial score (nSPS) is 16.6. The van der Waals surface area contributed by atoms with Gasteiger partial charge >= 0.3 is 0 Å². The summed E-state index contributed by atoms with van der Waals surface area (Å²) in [7, 11) is 0. The molecule has 1 aromatic carbocycles. The molecular weight excluding hydrogens is 236 g/mol. The summed E-state index contributed by atoms with van der Waals surface area (Å²) in [6.07, 6.45) is 2.43. The lowest BCUT2D eigenvalue weighted by Crippen LogP contribution is -2.30. The third kappa shape index (κ3) is 4.06. The average molecular weight is 260 g/mol.